The highest BCUT2D eigenvalue weighted by Gasteiger charge is 2.50. The second-order valence-electron chi connectivity index (χ2n) is 8.24. The number of halogens is 1. The predicted octanol–water partition coefficient (Wildman–Crippen LogP) is 8.43. The number of rotatable bonds is 0. The topological polar surface area (TPSA) is 0 Å². The highest BCUT2D eigenvalue weighted by atomic mass is 79.9. The third-order valence-corrected chi connectivity index (χ3v) is 8.44. The van der Waals surface area contributed by atoms with E-state index in [0.717, 1.165) is 4.47 Å². The maximum atomic E-state index is 3.77. The lowest BCUT2D eigenvalue weighted by Crippen LogP contribution is -2.32. The summed E-state index contributed by atoms with van der Waals surface area (Å²) in [6, 6.07) is 38.2. The summed E-state index contributed by atoms with van der Waals surface area (Å²) in [5, 5.41) is 2.62. The van der Waals surface area contributed by atoms with Gasteiger partial charge >= 0.3 is 0 Å². The molecule has 2 aliphatic rings. The van der Waals surface area contributed by atoms with Crippen LogP contribution in [0.5, 0.6) is 0 Å². The Morgan fingerprint density at radius 1 is 0.581 bits per heavy atom. The zero-order valence-electron chi connectivity index (χ0n) is 16.6. The van der Waals surface area contributed by atoms with Crippen LogP contribution in [-0.2, 0) is 5.41 Å². The zero-order chi connectivity index (χ0) is 20.6. The van der Waals surface area contributed by atoms with Crippen molar-refractivity contribution in [2.75, 3.05) is 0 Å². The van der Waals surface area contributed by atoms with Crippen LogP contribution in [0.1, 0.15) is 22.3 Å². The lowest BCUT2D eigenvalue weighted by atomic mass is 9.67. The number of benzene rings is 5. The minimum atomic E-state index is -0.309. The summed E-state index contributed by atoms with van der Waals surface area (Å²) in [6.07, 6.45) is 0. The molecule has 1 spiro atoms. The molecule has 0 nitrogen and oxygen atoms in total. The van der Waals surface area contributed by atoms with Gasteiger partial charge in [0.05, 0.1) is 5.41 Å². The molecule has 0 bridgehead atoms. The van der Waals surface area contributed by atoms with E-state index in [0.29, 0.717) is 0 Å². The number of hydrogen-bond acceptors (Lipinski definition) is 1. The minimum absolute atomic E-state index is 0.309. The molecule has 0 fully saturated rings. The van der Waals surface area contributed by atoms with Gasteiger partial charge in [-0.2, -0.15) is 0 Å². The molecule has 0 saturated carbocycles. The molecule has 2 heteroatoms. The SMILES string of the molecule is Brc1ccc2c(c1)C1(c3ccccc3S2)c2ccccc2-c2c1ccc1ccccc21. The zero-order valence-corrected chi connectivity index (χ0v) is 19.0. The highest BCUT2D eigenvalue weighted by Crippen LogP contribution is 2.63. The van der Waals surface area contributed by atoms with E-state index in [1.54, 1.807) is 0 Å². The standard InChI is InChI=1S/C29H17BrS/c30-19-14-16-27-25(17-19)29(23-11-5-6-12-26(23)31-27)22-10-4-3-9-21(22)28-20-8-2-1-7-18(20)13-15-24(28)29/h1-17H. The Morgan fingerprint density at radius 2 is 1.32 bits per heavy atom. The van der Waals surface area contributed by atoms with Gasteiger partial charge in [-0.3, -0.25) is 0 Å². The maximum Gasteiger partial charge on any atom is 0.0736 e. The van der Waals surface area contributed by atoms with Crippen molar-refractivity contribution < 1.29 is 0 Å². The normalized spacial score (nSPS) is 17.8. The Kier molecular flexibility index (Phi) is 3.65. The fraction of sp³-hybridized carbons (Fsp3) is 0.0345. The second-order valence-corrected chi connectivity index (χ2v) is 10.2. The molecule has 0 saturated heterocycles. The van der Waals surface area contributed by atoms with Crippen LogP contribution in [0, 0.1) is 0 Å². The molecule has 5 aromatic carbocycles. The lowest BCUT2D eigenvalue weighted by Gasteiger charge is -2.39. The van der Waals surface area contributed by atoms with Crippen LogP contribution in [0.3, 0.4) is 0 Å². The molecular weight excluding hydrogens is 460 g/mol. The molecule has 1 aliphatic carbocycles. The van der Waals surface area contributed by atoms with Gasteiger partial charge in [0, 0.05) is 14.3 Å². The quantitative estimate of drug-likeness (QED) is 0.211. The highest BCUT2D eigenvalue weighted by molar-refractivity contribution is 9.10. The van der Waals surface area contributed by atoms with Crippen LogP contribution in [-0.4, -0.2) is 0 Å². The molecule has 1 unspecified atom stereocenters. The summed E-state index contributed by atoms with van der Waals surface area (Å²) in [6.45, 7) is 0. The van der Waals surface area contributed by atoms with Crippen molar-refractivity contribution in [2.45, 2.75) is 15.2 Å². The van der Waals surface area contributed by atoms with Crippen LogP contribution >= 0.6 is 27.7 Å². The molecule has 0 radical (unpaired) electrons. The maximum absolute atomic E-state index is 3.77. The van der Waals surface area contributed by atoms with Crippen LogP contribution in [0.2, 0.25) is 0 Å². The van der Waals surface area contributed by atoms with Gasteiger partial charge in [0.2, 0.25) is 0 Å². The molecule has 0 amide bonds. The molecule has 1 heterocycles. The van der Waals surface area contributed by atoms with Crippen LogP contribution in [0.25, 0.3) is 21.9 Å². The van der Waals surface area contributed by atoms with Crippen molar-refractivity contribution in [1.29, 1.82) is 0 Å². The van der Waals surface area contributed by atoms with E-state index in [4.69, 9.17) is 0 Å². The first-order chi connectivity index (χ1) is 15.3. The molecule has 7 rings (SSSR count). The largest absolute Gasteiger partial charge is 0.0894 e. The minimum Gasteiger partial charge on any atom is -0.0894 e. The van der Waals surface area contributed by atoms with E-state index in [9.17, 15) is 0 Å². The van der Waals surface area contributed by atoms with Crippen molar-refractivity contribution in [2.24, 2.45) is 0 Å². The Balaban J connectivity index is 1.75. The lowest BCUT2D eigenvalue weighted by molar-refractivity contribution is 0.722. The van der Waals surface area contributed by atoms with Crippen molar-refractivity contribution in [1.82, 2.24) is 0 Å². The van der Waals surface area contributed by atoms with E-state index in [1.165, 1.54) is 53.9 Å². The van der Waals surface area contributed by atoms with Gasteiger partial charge in [-0.05, 0) is 68.4 Å². The smallest absolute Gasteiger partial charge is 0.0736 e. The number of hydrogen-bond donors (Lipinski definition) is 0. The fourth-order valence-corrected chi connectivity index (χ4v) is 7.17. The van der Waals surface area contributed by atoms with Gasteiger partial charge in [-0.1, -0.05) is 107 Å². The first-order valence-corrected chi connectivity index (χ1v) is 12.1. The fourth-order valence-electron chi connectivity index (χ4n) is 5.64. The summed E-state index contributed by atoms with van der Waals surface area (Å²) in [7, 11) is 0. The first-order valence-electron chi connectivity index (χ1n) is 10.5. The van der Waals surface area contributed by atoms with Gasteiger partial charge in [-0.25, -0.2) is 0 Å². The van der Waals surface area contributed by atoms with Crippen molar-refractivity contribution in [3.63, 3.8) is 0 Å². The van der Waals surface area contributed by atoms with Crippen LogP contribution < -0.4 is 0 Å². The Bertz CT molecular complexity index is 1530. The number of fused-ring (bicyclic) bond motifs is 11. The predicted molar refractivity (Wildman–Crippen MR) is 133 cm³/mol. The third kappa shape index (κ3) is 2.22. The van der Waals surface area contributed by atoms with Crippen molar-refractivity contribution in [3.8, 4) is 11.1 Å². The first kappa shape index (κ1) is 17.8. The summed E-state index contributed by atoms with van der Waals surface area (Å²) < 4.78 is 1.12. The van der Waals surface area contributed by atoms with E-state index in [1.807, 2.05) is 11.8 Å². The van der Waals surface area contributed by atoms with E-state index >= 15 is 0 Å². The molecule has 1 aliphatic heterocycles. The monoisotopic (exact) mass is 476 g/mol. The molecule has 5 aromatic rings. The summed E-state index contributed by atoms with van der Waals surface area (Å²) in [5.41, 5.74) is 7.94. The van der Waals surface area contributed by atoms with Crippen LogP contribution in [0.4, 0.5) is 0 Å². The van der Waals surface area contributed by atoms with Gasteiger partial charge in [0.1, 0.15) is 0 Å². The third-order valence-electron chi connectivity index (χ3n) is 6.79. The summed E-state index contributed by atoms with van der Waals surface area (Å²) in [4.78, 5) is 2.67. The van der Waals surface area contributed by atoms with Gasteiger partial charge in [0.15, 0.2) is 0 Å². The van der Waals surface area contributed by atoms with E-state index in [2.05, 4.69) is 119 Å². The van der Waals surface area contributed by atoms with E-state index in [-0.39, 0.29) is 5.41 Å². The van der Waals surface area contributed by atoms with Crippen LogP contribution in [0.15, 0.2) is 117 Å². The summed E-state index contributed by atoms with van der Waals surface area (Å²) >= 11 is 5.66. The molecular formula is C29H17BrS. The molecule has 31 heavy (non-hydrogen) atoms. The van der Waals surface area contributed by atoms with Crippen molar-refractivity contribution >= 4 is 38.5 Å². The van der Waals surface area contributed by atoms with Gasteiger partial charge < -0.3 is 0 Å². The molecule has 0 N–H and O–H groups in total. The average molecular weight is 477 g/mol. The van der Waals surface area contributed by atoms with Crippen molar-refractivity contribution in [3.05, 3.63) is 130 Å². The summed E-state index contributed by atoms with van der Waals surface area (Å²) in [5.74, 6) is 0. The second kappa shape index (κ2) is 6.35. The molecule has 0 aromatic heterocycles. The van der Waals surface area contributed by atoms with E-state index < -0.39 is 0 Å². The molecule has 1 atom stereocenters. The van der Waals surface area contributed by atoms with Gasteiger partial charge in [-0.15, -0.1) is 0 Å². The Morgan fingerprint density at radius 3 is 2.26 bits per heavy atom. The Hall–Kier alpha value is -2.81. The Labute approximate surface area is 194 Å². The molecule has 146 valence electrons. The van der Waals surface area contributed by atoms with Gasteiger partial charge in [0.25, 0.3) is 0 Å². The average Bonchev–Trinajstić information content (AvgIpc) is 3.11.